The number of aryl methyl sites for hydroxylation is 1. The van der Waals surface area contributed by atoms with E-state index in [-0.39, 0.29) is 17.6 Å². The van der Waals surface area contributed by atoms with Crippen molar-refractivity contribution in [2.45, 2.75) is 25.0 Å². The van der Waals surface area contributed by atoms with Gasteiger partial charge in [-0.15, -0.1) is 10.2 Å². The minimum Gasteiger partial charge on any atom is -0.411 e. The fourth-order valence-electron chi connectivity index (χ4n) is 2.51. The van der Waals surface area contributed by atoms with Crippen LogP contribution in [0, 0.1) is 6.92 Å². The first-order chi connectivity index (χ1) is 12.6. The first-order valence-corrected chi connectivity index (χ1v) is 9.45. The number of thioether (sulfide) groups is 1. The second kappa shape index (κ2) is 8.67. The lowest BCUT2D eigenvalue weighted by atomic mass is 10.0. The monoisotopic (exact) mass is 367 g/mol. The lowest BCUT2D eigenvalue weighted by molar-refractivity contribution is -0.118. The Morgan fingerprint density at radius 1 is 1.15 bits per heavy atom. The van der Waals surface area contributed by atoms with Crippen LogP contribution in [-0.4, -0.2) is 28.4 Å². The molecule has 1 atom stereocenters. The Hall–Kier alpha value is -2.60. The van der Waals surface area contributed by atoms with Crippen LogP contribution in [-0.2, 0) is 4.79 Å². The third-order valence-corrected chi connectivity index (χ3v) is 4.79. The zero-order valence-corrected chi connectivity index (χ0v) is 15.6. The summed E-state index contributed by atoms with van der Waals surface area (Å²) in [4.78, 5) is 12.1. The number of rotatable bonds is 7. The smallest absolute Gasteiger partial charge is 0.277 e. The van der Waals surface area contributed by atoms with Crippen molar-refractivity contribution in [2.24, 2.45) is 0 Å². The molecule has 3 rings (SSSR count). The molecule has 0 aliphatic heterocycles. The molecule has 0 fully saturated rings. The molecular weight excluding hydrogens is 346 g/mol. The molecule has 26 heavy (non-hydrogen) atoms. The van der Waals surface area contributed by atoms with Crippen molar-refractivity contribution >= 4 is 17.7 Å². The second-order valence-electron chi connectivity index (χ2n) is 6.15. The van der Waals surface area contributed by atoms with Gasteiger partial charge in [0, 0.05) is 12.1 Å². The van der Waals surface area contributed by atoms with Crippen LogP contribution in [0.15, 0.2) is 64.2 Å². The van der Waals surface area contributed by atoms with Crippen LogP contribution in [0.5, 0.6) is 0 Å². The Balaban J connectivity index is 1.48. The van der Waals surface area contributed by atoms with Crippen LogP contribution in [0.25, 0.3) is 11.5 Å². The van der Waals surface area contributed by atoms with Gasteiger partial charge in [-0.05, 0) is 30.5 Å². The molecule has 0 radical (unpaired) electrons. The van der Waals surface area contributed by atoms with Crippen LogP contribution in [0.3, 0.4) is 0 Å². The normalized spacial score (nSPS) is 11.9. The first-order valence-electron chi connectivity index (χ1n) is 8.47. The van der Waals surface area contributed by atoms with Gasteiger partial charge >= 0.3 is 0 Å². The van der Waals surface area contributed by atoms with Gasteiger partial charge in [-0.2, -0.15) is 0 Å². The van der Waals surface area contributed by atoms with Crippen molar-refractivity contribution in [1.29, 1.82) is 0 Å². The van der Waals surface area contributed by atoms with Crippen molar-refractivity contribution in [3.05, 3.63) is 65.7 Å². The molecule has 0 saturated carbocycles. The van der Waals surface area contributed by atoms with Gasteiger partial charge in [-0.25, -0.2) is 0 Å². The zero-order chi connectivity index (χ0) is 18.4. The maximum Gasteiger partial charge on any atom is 0.277 e. The minimum atomic E-state index is -0.0481. The number of amides is 1. The Bertz CT molecular complexity index is 864. The molecule has 1 aromatic heterocycles. The van der Waals surface area contributed by atoms with E-state index in [0.29, 0.717) is 17.7 Å². The summed E-state index contributed by atoms with van der Waals surface area (Å²) in [7, 11) is 0. The highest BCUT2D eigenvalue weighted by molar-refractivity contribution is 7.99. The summed E-state index contributed by atoms with van der Waals surface area (Å²) in [5, 5.41) is 11.4. The number of nitrogens with zero attached hydrogens (tertiary/aromatic N) is 2. The fourth-order valence-corrected chi connectivity index (χ4v) is 3.10. The van der Waals surface area contributed by atoms with E-state index in [1.165, 1.54) is 17.3 Å². The number of carbonyl (C=O) groups is 1. The highest BCUT2D eigenvalue weighted by Gasteiger charge is 2.12. The van der Waals surface area contributed by atoms with Gasteiger partial charge in [-0.3, -0.25) is 4.79 Å². The molecule has 1 amide bonds. The second-order valence-corrected chi connectivity index (χ2v) is 7.07. The highest BCUT2D eigenvalue weighted by Crippen LogP contribution is 2.23. The SMILES string of the molecule is Cc1cccc(-c2nnc(SCC(=O)NC[C@H](C)c3ccccc3)o2)c1. The molecule has 1 N–H and O–H groups in total. The van der Waals surface area contributed by atoms with E-state index in [1.54, 1.807) is 0 Å². The van der Waals surface area contributed by atoms with E-state index in [1.807, 2.05) is 49.4 Å². The van der Waals surface area contributed by atoms with E-state index in [4.69, 9.17) is 4.42 Å². The molecule has 0 saturated heterocycles. The summed E-state index contributed by atoms with van der Waals surface area (Å²) in [6, 6.07) is 18.0. The van der Waals surface area contributed by atoms with Crippen molar-refractivity contribution in [3.63, 3.8) is 0 Å². The van der Waals surface area contributed by atoms with E-state index in [9.17, 15) is 4.79 Å². The van der Waals surface area contributed by atoms with E-state index < -0.39 is 0 Å². The van der Waals surface area contributed by atoms with Gasteiger partial charge in [0.1, 0.15) is 0 Å². The summed E-state index contributed by atoms with van der Waals surface area (Å²) >= 11 is 1.24. The van der Waals surface area contributed by atoms with Crippen LogP contribution in [0.4, 0.5) is 0 Å². The van der Waals surface area contributed by atoms with Crippen LogP contribution in [0.2, 0.25) is 0 Å². The fraction of sp³-hybridized carbons (Fsp3) is 0.250. The third-order valence-electron chi connectivity index (χ3n) is 3.97. The van der Waals surface area contributed by atoms with Gasteiger partial charge in [0.05, 0.1) is 5.75 Å². The number of hydrogen-bond acceptors (Lipinski definition) is 5. The van der Waals surface area contributed by atoms with Gasteiger partial charge in [0.2, 0.25) is 11.8 Å². The van der Waals surface area contributed by atoms with Crippen LogP contribution >= 0.6 is 11.8 Å². The Kier molecular flexibility index (Phi) is 6.07. The maximum absolute atomic E-state index is 12.1. The highest BCUT2D eigenvalue weighted by atomic mass is 32.2. The summed E-state index contributed by atoms with van der Waals surface area (Å²) < 4.78 is 5.63. The summed E-state index contributed by atoms with van der Waals surface area (Å²) in [6.07, 6.45) is 0. The largest absolute Gasteiger partial charge is 0.411 e. The predicted octanol–water partition coefficient (Wildman–Crippen LogP) is 4.06. The number of nitrogens with one attached hydrogen (secondary N) is 1. The molecular formula is C20H21N3O2S. The van der Waals surface area contributed by atoms with Gasteiger partial charge < -0.3 is 9.73 Å². The lowest BCUT2D eigenvalue weighted by Crippen LogP contribution is -2.28. The summed E-state index contributed by atoms with van der Waals surface area (Å²) in [5.41, 5.74) is 3.22. The summed E-state index contributed by atoms with van der Waals surface area (Å²) in [5.74, 6) is 0.931. The molecule has 3 aromatic rings. The van der Waals surface area contributed by atoms with E-state index in [0.717, 1.165) is 11.1 Å². The number of hydrogen-bond donors (Lipinski definition) is 1. The van der Waals surface area contributed by atoms with Crippen LogP contribution < -0.4 is 5.32 Å². The Morgan fingerprint density at radius 2 is 1.96 bits per heavy atom. The molecule has 0 spiro atoms. The van der Waals surface area contributed by atoms with Crippen molar-refractivity contribution in [3.8, 4) is 11.5 Å². The number of benzene rings is 2. The van der Waals surface area contributed by atoms with Crippen molar-refractivity contribution < 1.29 is 9.21 Å². The first kappa shape index (κ1) is 18.2. The molecule has 5 nitrogen and oxygen atoms in total. The number of carbonyl (C=O) groups excluding carboxylic acids is 1. The van der Waals surface area contributed by atoms with Gasteiger partial charge in [-0.1, -0.05) is 66.7 Å². The summed E-state index contributed by atoms with van der Waals surface area (Å²) in [6.45, 7) is 4.70. The van der Waals surface area contributed by atoms with E-state index >= 15 is 0 Å². The van der Waals surface area contributed by atoms with Crippen molar-refractivity contribution in [1.82, 2.24) is 15.5 Å². The Morgan fingerprint density at radius 3 is 2.73 bits per heavy atom. The third kappa shape index (κ3) is 4.95. The standard InChI is InChI=1S/C20H21N3O2S/c1-14-7-6-10-17(11-14)19-22-23-20(25-19)26-13-18(24)21-12-15(2)16-8-4-3-5-9-16/h3-11,15H,12-13H2,1-2H3,(H,21,24)/t15-/m0/s1. The average molecular weight is 367 g/mol. The van der Waals surface area contributed by atoms with E-state index in [2.05, 4.69) is 34.6 Å². The zero-order valence-electron chi connectivity index (χ0n) is 14.8. The van der Waals surface area contributed by atoms with Gasteiger partial charge in [0.25, 0.3) is 5.22 Å². The predicted molar refractivity (Wildman–Crippen MR) is 103 cm³/mol. The van der Waals surface area contributed by atoms with Crippen molar-refractivity contribution in [2.75, 3.05) is 12.3 Å². The quantitative estimate of drug-likeness (QED) is 0.638. The molecule has 0 aliphatic rings. The average Bonchev–Trinajstić information content (AvgIpc) is 3.14. The molecule has 134 valence electrons. The Labute approximate surface area is 157 Å². The number of aromatic nitrogens is 2. The van der Waals surface area contributed by atoms with Gasteiger partial charge in [0.15, 0.2) is 0 Å². The lowest BCUT2D eigenvalue weighted by Gasteiger charge is -2.12. The molecule has 2 aromatic carbocycles. The molecule has 0 unspecified atom stereocenters. The minimum absolute atomic E-state index is 0.0481. The molecule has 1 heterocycles. The molecule has 6 heteroatoms. The maximum atomic E-state index is 12.1. The molecule has 0 bridgehead atoms. The van der Waals surface area contributed by atoms with Crippen LogP contribution in [0.1, 0.15) is 24.0 Å². The molecule has 0 aliphatic carbocycles. The topological polar surface area (TPSA) is 68.0 Å².